The normalized spacial score (nSPS) is 33.9. The Labute approximate surface area is 318 Å². The predicted octanol–water partition coefficient (Wildman–Crippen LogP) is -14.4. The maximum Gasteiger partial charge on any atom is 1.00 e. The molecule has 0 aliphatic carbocycles. The summed E-state index contributed by atoms with van der Waals surface area (Å²) >= 11 is 0. The van der Waals surface area contributed by atoms with E-state index in [4.69, 9.17) is 15.2 Å². The number of anilines is 1. The summed E-state index contributed by atoms with van der Waals surface area (Å²) in [5.74, 6) is -0.322. The van der Waals surface area contributed by atoms with Gasteiger partial charge in [0, 0.05) is 0 Å². The van der Waals surface area contributed by atoms with Crippen molar-refractivity contribution in [2.75, 3.05) is 12.3 Å². The Morgan fingerprint density at radius 1 is 0.933 bits per heavy atom. The van der Waals surface area contributed by atoms with E-state index in [9.17, 15) is 58.7 Å². The monoisotopic (exact) mass is 735 g/mol. The molecule has 0 spiro atoms. The van der Waals surface area contributed by atoms with Gasteiger partial charge in [0.15, 0.2) is 23.7 Å². The van der Waals surface area contributed by atoms with Gasteiger partial charge in [0.2, 0.25) is 5.95 Å². The van der Waals surface area contributed by atoms with Crippen LogP contribution in [0.25, 0.3) is 11.2 Å². The van der Waals surface area contributed by atoms with Crippen molar-refractivity contribution in [2.45, 2.75) is 62.2 Å². The number of hydrogen-bond acceptors (Lipinski definition) is 21. The Morgan fingerprint density at radius 3 is 2.16 bits per heavy atom. The molecule has 45 heavy (non-hydrogen) atoms. The fourth-order valence-corrected chi connectivity index (χ4v) is 7.37. The molecule has 238 valence electrons. The number of imidazole rings is 1. The van der Waals surface area contributed by atoms with Gasteiger partial charge in [-0.3, -0.25) is 32.6 Å². The second kappa shape index (κ2) is 17.0. The van der Waals surface area contributed by atoms with Gasteiger partial charge in [0.05, 0.1) is 19.0 Å². The first-order chi connectivity index (χ1) is 19.3. The van der Waals surface area contributed by atoms with E-state index >= 15 is 0 Å². The smallest absolute Gasteiger partial charge is 0.756 e. The first-order valence-corrected chi connectivity index (χ1v) is 15.8. The van der Waals surface area contributed by atoms with E-state index < -0.39 is 90.9 Å². The van der Waals surface area contributed by atoms with Gasteiger partial charge in [-0.1, -0.05) is 0 Å². The number of nitrogen functional groups attached to an aromatic ring is 1. The Morgan fingerprint density at radius 2 is 1.53 bits per heavy atom. The van der Waals surface area contributed by atoms with E-state index in [1.807, 2.05) is 0 Å². The first-order valence-electron chi connectivity index (χ1n) is 11.4. The number of ether oxygens (including phenoxy) is 2. The van der Waals surface area contributed by atoms with Crippen LogP contribution in [-0.2, 0) is 40.8 Å². The zero-order valence-corrected chi connectivity index (χ0v) is 32.5. The molecule has 4 heterocycles. The van der Waals surface area contributed by atoms with Crippen LogP contribution in [0.4, 0.5) is 5.95 Å². The van der Waals surface area contributed by atoms with Gasteiger partial charge >= 0.3 is 88.7 Å². The van der Waals surface area contributed by atoms with Gasteiger partial charge in [0.1, 0.15) is 36.6 Å². The summed E-state index contributed by atoms with van der Waals surface area (Å²) in [6.07, 6.45) is -15.2. The maximum absolute atomic E-state index is 12.1. The van der Waals surface area contributed by atoms with Crippen LogP contribution in [0.5, 0.6) is 0 Å². The zero-order chi connectivity index (χ0) is 31.4. The van der Waals surface area contributed by atoms with Crippen LogP contribution in [0.3, 0.4) is 0 Å². The van der Waals surface area contributed by atoms with Crippen molar-refractivity contribution >= 4 is 40.6 Å². The summed E-state index contributed by atoms with van der Waals surface area (Å²) < 4.78 is 63.1. The van der Waals surface area contributed by atoms with Gasteiger partial charge < -0.3 is 59.9 Å². The minimum atomic E-state index is -6.36. The van der Waals surface area contributed by atoms with Crippen molar-refractivity contribution in [2.24, 2.45) is 0 Å². The van der Waals surface area contributed by atoms with Gasteiger partial charge in [0.25, 0.3) is 29.0 Å². The standard InChI is InChI=1S/C16H26N5O18P3.3Na/c1-4-7(22)9(24)11(26)15(35-4)37-41(30,31)39-42(32,33)38-40(28,29)34-2-5-8(23)10(25)14(36-5)21-3-18-6-12(21)19-16(17)20-13(6)27;;;/h3-5,7-11,14-15,22-26H,2H2,1H3,(H,28,29)(H,30,31)(H,32,33)(H3,17,19,20,27);;;/q;3*+1/p-3/t4-,5+,7+,8+,9-,10+,11+,14+,15+;;;/m0.../s1. The third kappa shape index (κ3) is 10.6. The van der Waals surface area contributed by atoms with E-state index in [1.165, 1.54) is 0 Å². The molecule has 3 unspecified atom stereocenters. The zero-order valence-electron chi connectivity index (χ0n) is 23.8. The van der Waals surface area contributed by atoms with E-state index in [0.29, 0.717) is 0 Å². The number of nitrogens with two attached hydrogens (primary N) is 1. The molecule has 8 N–H and O–H groups in total. The molecule has 2 aromatic heterocycles. The third-order valence-corrected chi connectivity index (χ3v) is 10.0. The fraction of sp³-hybridized carbons (Fsp3) is 0.688. The minimum Gasteiger partial charge on any atom is -0.756 e. The number of nitrogens with zero attached hydrogens (tertiary/aromatic N) is 3. The quantitative estimate of drug-likeness (QED) is 0.0879. The van der Waals surface area contributed by atoms with Gasteiger partial charge in [-0.25, -0.2) is 13.6 Å². The molecule has 2 saturated heterocycles. The molecule has 29 heteroatoms. The molecule has 12 atom stereocenters. The summed E-state index contributed by atoms with van der Waals surface area (Å²) in [6, 6.07) is 0. The third-order valence-electron chi connectivity index (χ3n) is 5.90. The molecule has 2 aliphatic heterocycles. The van der Waals surface area contributed by atoms with Crippen LogP contribution in [0.15, 0.2) is 11.1 Å². The molecule has 2 aliphatic rings. The molecule has 4 rings (SSSR count). The van der Waals surface area contributed by atoms with Crippen LogP contribution < -0.4 is 115 Å². The number of phosphoric ester groups is 2. The second-order valence-electron chi connectivity index (χ2n) is 8.91. The van der Waals surface area contributed by atoms with Crippen molar-refractivity contribution in [1.29, 1.82) is 0 Å². The van der Waals surface area contributed by atoms with Crippen molar-refractivity contribution in [1.82, 2.24) is 19.5 Å². The van der Waals surface area contributed by atoms with Crippen LogP contribution in [0.2, 0.25) is 0 Å². The number of rotatable bonds is 10. The number of H-pyrrole nitrogens is 1. The molecule has 0 radical (unpaired) electrons. The molecule has 2 aromatic rings. The Balaban J connectivity index is 0.00000337. The van der Waals surface area contributed by atoms with Gasteiger partial charge in [-0.15, -0.1) is 0 Å². The van der Waals surface area contributed by atoms with E-state index in [2.05, 4.69) is 32.6 Å². The van der Waals surface area contributed by atoms with Crippen LogP contribution in [0.1, 0.15) is 13.2 Å². The van der Waals surface area contributed by atoms with Crippen LogP contribution >= 0.6 is 23.5 Å². The van der Waals surface area contributed by atoms with Crippen molar-refractivity contribution in [3.63, 3.8) is 0 Å². The fourth-order valence-electron chi connectivity index (χ4n) is 3.92. The molecular weight excluding hydrogens is 712 g/mol. The summed E-state index contributed by atoms with van der Waals surface area (Å²) in [5.41, 5.74) is 4.37. The number of aliphatic hydroxyl groups excluding tert-OH is 5. The van der Waals surface area contributed by atoms with E-state index in [0.717, 1.165) is 17.8 Å². The topological polar surface area (TPSA) is 367 Å². The van der Waals surface area contributed by atoms with Crippen molar-refractivity contribution < 1.29 is 170 Å². The Bertz CT molecular complexity index is 1520. The number of aromatic nitrogens is 4. The SMILES string of the molecule is C[C@@H]1O[C@H](OP(=O)([O-])OP(=O)([O-])OP(=O)([O-])OC[C@H]2O[C@@H](n3cnc4c(=O)[nH]c(N)nc43)[C@H](O)[C@@H]2O)[C@H](O)[C@@H](O)[C@@H]1O.[Na+].[Na+].[Na+]. The Hall–Kier alpha value is 1.28. The summed E-state index contributed by atoms with van der Waals surface area (Å²) in [7, 11) is -18.5. The van der Waals surface area contributed by atoms with Crippen molar-refractivity contribution in [3.8, 4) is 0 Å². The van der Waals surface area contributed by atoms with E-state index in [-0.39, 0.29) is 106 Å². The number of aliphatic hydroxyl groups is 5. The largest absolute Gasteiger partial charge is 1.00 e. The van der Waals surface area contributed by atoms with Crippen LogP contribution in [0, 0.1) is 0 Å². The van der Waals surface area contributed by atoms with E-state index in [1.54, 1.807) is 0 Å². The molecule has 23 nitrogen and oxygen atoms in total. The predicted molar refractivity (Wildman–Crippen MR) is 123 cm³/mol. The maximum atomic E-state index is 12.1. The molecule has 0 aromatic carbocycles. The number of aromatic amines is 1. The average molecular weight is 735 g/mol. The summed E-state index contributed by atoms with van der Waals surface area (Å²) in [4.78, 5) is 57.9. The minimum absolute atomic E-state index is 0. The van der Waals surface area contributed by atoms with Gasteiger partial charge in [-0.05, 0) is 6.92 Å². The number of nitrogens with one attached hydrogen (secondary N) is 1. The molecule has 0 saturated carbocycles. The molecular formula is C16H23N5Na3O18P3. The van der Waals surface area contributed by atoms with Gasteiger partial charge in [-0.2, -0.15) is 4.98 Å². The number of phosphoric acid groups is 3. The average Bonchev–Trinajstić information content (AvgIpc) is 3.39. The Kier molecular flexibility index (Phi) is 16.7. The summed E-state index contributed by atoms with van der Waals surface area (Å²) in [6.45, 7) is -0.0406. The second-order valence-corrected chi connectivity index (χ2v) is 13.4. The molecule has 2 fully saturated rings. The molecule has 0 bridgehead atoms. The number of hydrogen-bond donors (Lipinski definition) is 7. The van der Waals surface area contributed by atoms with Crippen LogP contribution in [-0.4, -0.2) is 101 Å². The summed E-state index contributed by atoms with van der Waals surface area (Å²) in [5, 5.41) is 49.8. The van der Waals surface area contributed by atoms with Crippen molar-refractivity contribution in [3.05, 3.63) is 16.7 Å². The number of fused-ring (bicyclic) bond motifs is 1. The molecule has 0 amide bonds. The first kappa shape index (κ1) is 44.3.